The van der Waals surface area contributed by atoms with Gasteiger partial charge < -0.3 is 4.90 Å². The van der Waals surface area contributed by atoms with Crippen molar-refractivity contribution in [3.05, 3.63) is 57.6 Å². The van der Waals surface area contributed by atoms with Crippen LogP contribution >= 0.6 is 0 Å². The smallest absolute Gasteiger partial charge is 0.228 e. The van der Waals surface area contributed by atoms with Crippen molar-refractivity contribution in [1.82, 2.24) is 4.90 Å². The van der Waals surface area contributed by atoms with Gasteiger partial charge in [-0.05, 0) is 85.4 Å². The van der Waals surface area contributed by atoms with Crippen LogP contribution in [0, 0.1) is 26.2 Å². The molecule has 3 rings (SSSR count). The van der Waals surface area contributed by atoms with Crippen molar-refractivity contribution in [2.24, 2.45) is 5.41 Å². The van der Waals surface area contributed by atoms with Gasteiger partial charge in [-0.2, -0.15) is 0 Å². The van der Waals surface area contributed by atoms with E-state index in [4.69, 9.17) is 0 Å². The molecule has 29 heavy (non-hydrogen) atoms. The molecule has 0 spiro atoms. The molecule has 2 aromatic rings. The minimum atomic E-state index is -0.246. The molecule has 1 amide bonds. The second-order valence-corrected chi connectivity index (χ2v) is 9.02. The minimum absolute atomic E-state index is 0.246. The van der Waals surface area contributed by atoms with Crippen molar-refractivity contribution in [2.75, 3.05) is 6.54 Å². The van der Waals surface area contributed by atoms with Crippen LogP contribution in [0.3, 0.4) is 0 Å². The summed E-state index contributed by atoms with van der Waals surface area (Å²) in [4.78, 5) is 15.4. The molecule has 0 radical (unpaired) electrons. The fourth-order valence-corrected chi connectivity index (χ4v) is 4.93. The standard InChI is InChI=1S/C27H37NO/c1-8-22-19(5)23-15-16-28(26(29)27(7,9-2)10-3)17-24(23)20(6)25(22)21-13-11-18(4)12-14-21/h11-14H,8-10,15-17H2,1-7H3. The molecule has 0 aliphatic carbocycles. The maximum absolute atomic E-state index is 13.3. The molecule has 2 heteroatoms. The van der Waals surface area contributed by atoms with Crippen LogP contribution in [0.25, 0.3) is 11.1 Å². The Morgan fingerprint density at radius 1 is 0.966 bits per heavy atom. The van der Waals surface area contributed by atoms with Crippen LogP contribution in [0.2, 0.25) is 0 Å². The van der Waals surface area contributed by atoms with Gasteiger partial charge in [-0.1, -0.05) is 57.5 Å². The Labute approximate surface area is 177 Å². The van der Waals surface area contributed by atoms with E-state index in [1.807, 2.05) is 0 Å². The summed E-state index contributed by atoms with van der Waals surface area (Å²) in [6, 6.07) is 8.90. The number of carbonyl (C=O) groups excluding carboxylic acids is 1. The fourth-order valence-electron chi connectivity index (χ4n) is 4.93. The molecule has 156 valence electrons. The Balaban J connectivity index is 2.10. The van der Waals surface area contributed by atoms with Crippen LogP contribution in [0.4, 0.5) is 0 Å². The second-order valence-electron chi connectivity index (χ2n) is 9.02. The number of benzene rings is 2. The van der Waals surface area contributed by atoms with E-state index < -0.39 is 0 Å². The quantitative estimate of drug-likeness (QED) is 0.566. The molecule has 0 N–H and O–H groups in total. The Morgan fingerprint density at radius 3 is 2.14 bits per heavy atom. The number of amides is 1. The summed E-state index contributed by atoms with van der Waals surface area (Å²) in [7, 11) is 0. The van der Waals surface area contributed by atoms with E-state index in [9.17, 15) is 4.79 Å². The molecule has 0 fully saturated rings. The van der Waals surface area contributed by atoms with Crippen LogP contribution in [-0.4, -0.2) is 17.4 Å². The van der Waals surface area contributed by atoms with E-state index in [1.54, 1.807) is 0 Å². The summed E-state index contributed by atoms with van der Waals surface area (Å²) in [5.41, 5.74) is 10.8. The summed E-state index contributed by atoms with van der Waals surface area (Å²) in [6.45, 7) is 16.9. The summed E-state index contributed by atoms with van der Waals surface area (Å²) >= 11 is 0. The van der Waals surface area contributed by atoms with E-state index in [-0.39, 0.29) is 5.41 Å². The average Bonchev–Trinajstić information content (AvgIpc) is 2.75. The highest BCUT2D eigenvalue weighted by Gasteiger charge is 2.35. The van der Waals surface area contributed by atoms with Gasteiger partial charge in [0, 0.05) is 18.5 Å². The molecule has 2 nitrogen and oxygen atoms in total. The van der Waals surface area contributed by atoms with Crippen molar-refractivity contribution < 1.29 is 4.79 Å². The van der Waals surface area contributed by atoms with Gasteiger partial charge in [0.25, 0.3) is 0 Å². The van der Waals surface area contributed by atoms with Crippen LogP contribution < -0.4 is 0 Å². The van der Waals surface area contributed by atoms with E-state index >= 15 is 0 Å². The van der Waals surface area contributed by atoms with Crippen molar-refractivity contribution in [1.29, 1.82) is 0 Å². The van der Waals surface area contributed by atoms with Crippen molar-refractivity contribution in [3.63, 3.8) is 0 Å². The van der Waals surface area contributed by atoms with Crippen LogP contribution in [-0.2, 0) is 24.2 Å². The number of aryl methyl sites for hydroxylation is 1. The summed E-state index contributed by atoms with van der Waals surface area (Å²) < 4.78 is 0. The van der Waals surface area contributed by atoms with E-state index in [1.165, 1.54) is 44.5 Å². The number of nitrogens with zero attached hydrogens (tertiary/aromatic N) is 1. The van der Waals surface area contributed by atoms with Gasteiger partial charge in [0.2, 0.25) is 5.91 Å². The van der Waals surface area contributed by atoms with Crippen LogP contribution in [0.1, 0.15) is 73.9 Å². The molecule has 0 bridgehead atoms. The lowest BCUT2D eigenvalue weighted by atomic mass is 9.79. The molecule has 0 saturated carbocycles. The number of carbonyl (C=O) groups is 1. The highest BCUT2D eigenvalue weighted by atomic mass is 16.2. The first kappa shape index (κ1) is 21.6. The summed E-state index contributed by atoms with van der Waals surface area (Å²) in [5, 5.41) is 0. The van der Waals surface area contributed by atoms with Gasteiger partial charge in [-0.3, -0.25) is 4.79 Å². The third-order valence-electron chi connectivity index (χ3n) is 7.44. The number of hydrogen-bond acceptors (Lipinski definition) is 1. The molecule has 0 aromatic heterocycles. The molecule has 1 aliphatic heterocycles. The molecular formula is C27H37NO. The summed E-state index contributed by atoms with van der Waals surface area (Å²) in [6.07, 6.45) is 3.80. The maximum Gasteiger partial charge on any atom is 0.228 e. The predicted molar refractivity (Wildman–Crippen MR) is 123 cm³/mol. The SMILES string of the molecule is CCc1c(C)c2c(c(C)c1-c1ccc(C)cc1)CN(C(=O)C(C)(CC)CC)CC2. The minimum Gasteiger partial charge on any atom is -0.338 e. The number of rotatable bonds is 5. The monoisotopic (exact) mass is 391 g/mol. The topological polar surface area (TPSA) is 20.3 Å². The van der Waals surface area contributed by atoms with Crippen LogP contribution in [0.5, 0.6) is 0 Å². The molecule has 0 unspecified atom stereocenters. The maximum atomic E-state index is 13.3. The lowest BCUT2D eigenvalue weighted by Gasteiger charge is -2.38. The first-order valence-corrected chi connectivity index (χ1v) is 11.3. The molecule has 0 saturated heterocycles. The number of hydrogen-bond donors (Lipinski definition) is 0. The predicted octanol–water partition coefficient (Wildman–Crippen LogP) is 6.55. The van der Waals surface area contributed by atoms with Gasteiger partial charge in [0.1, 0.15) is 0 Å². The van der Waals surface area contributed by atoms with Gasteiger partial charge in [-0.25, -0.2) is 0 Å². The first-order valence-electron chi connectivity index (χ1n) is 11.3. The molecule has 1 heterocycles. The van der Waals surface area contributed by atoms with E-state index in [0.717, 1.165) is 38.8 Å². The lowest BCUT2D eigenvalue weighted by molar-refractivity contribution is -0.142. The van der Waals surface area contributed by atoms with Crippen molar-refractivity contribution in [2.45, 2.75) is 80.7 Å². The van der Waals surface area contributed by atoms with Crippen LogP contribution in [0.15, 0.2) is 24.3 Å². The highest BCUT2D eigenvalue weighted by Crippen LogP contribution is 2.39. The van der Waals surface area contributed by atoms with Gasteiger partial charge in [-0.15, -0.1) is 0 Å². The second kappa shape index (κ2) is 8.34. The van der Waals surface area contributed by atoms with Gasteiger partial charge in [0.05, 0.1) is 0 Å². The van der Waals surface area contributed by atoms with Crippen molar-refractivity contribution >= 4 is 5.91 Å². The fraction of sp³-hybridized carbons (Fsp3) is 0.519. The molecule has 0 atom stereocenters. The first-order chi connectivity index (χ1) is 13.8. The Kier molecular flexibility index (Phi) is 6.22. The van der Waals surface area contributed by atoms with Gasteiger partial charge in [0.15, 0.2) is 0 Å². The normalized spacial score (nSPS) is 14.1. The van der Waals surface area contributed by atoms with E-state index in [2.05, 4.69) is 77.6 Å². The Hall–Kier alpha value is -2.09. The zero-order valence-electron chi connectivity index (χ0n) is 19.4. The molecule has 2 aromatic carbocycles. The third-order valence-corrected chi connectivity index (χ3v) is 7.44. The Bertz CT molecular complexity index is 903. The zero-order valence-corrected chi connectivity index (χ0v) is 19.4. The highest BCUT2D eigenvalue weighted by molar-refractivity contribution is 5.83. The molecule has 1 aliphatic rings. The molecular weight excluding hydrogens is 354 g/mol. The lowest BCUT2D eigenvalue weighted by Crippen LogP contribution is -2.44. The van der Waals surface area contributed by atoms with Crippen molar-refractivity contribution in [3.8, 4) is 11.1 Å². The largest absolute Gasteiger partial charge is 0.338 e. The number of fused-ring (bicyclic) bond motifs is 1. The average molecular weight is 392 g/mol. The zero-order chi connectivity index (χ0) is 21.3. The van der Waals surface area contributed by atoms with Gasteiger partial charge >= 0.3 is 0 Å². The summed E-state index contributed by atoms with van der Waals surface area (Å²) in [5.74, 6) is 0.321. The Morgan fingerprint density at radius 2 is 1.59 bits per heavy atom. The third kappa shape index (κ3) is 3.74. The van der Waals surface area contributed by atoms with E-state index in [0.29, 0.717) is 5.91 Å².